The molecule has 0 aliphatic carbocycles. The van der Waals surface area contributed by atoms with Crippen molar-refractivity contribution in [3.63, 3.8) is 0 Å². The molecule has 0 saturated heterocycles. The van der Waals surface area contributed by atoms with Crippen LogP contribution in [-0.4, -0.2) is 42.4 Å². The Hall–Kier alpha value is -9.55. The minimum absolute atomic E-state index is 0. The summed E-state index contributed by atoms with van der Waals surface area (Å²) in [6, 6.07) is 49.7. The summed E-state index contributed by atoms with van der Waals surface area (Å²) in [5, 5.41) is 32.4. The lowest BCUT2D eigenvalue weighted by molar-refractivity contribution is -0.512. The molecule has 70 heavy (non-hydrogen) atoms. The third-order valence-corrected chi connectivity index (χ3v) is 12.1. The number of anilines is 2. The number of nitrogens with two attached hydrogens (primary N) is 2. The molecule has 1 aliphatic rings. The maximum atomic E-state index is 12.2. The van der Waals surface area contributed by atoms with Crippen LogP contribution in [-0.2, 0) is 9.59 Å². The number of rotatable bonds is 6. The van der Waals surface area contributed by atoms with Gasteiger partial charge in [-0.25, -0.2) is 15.4 Å². The first-order valence-electron chi connectivity index (χ1n) is 21.5. The van der Waals surface area contributed by atoms with Gasteiger partial charge in [-0.05, 0) is 105 Å². The topological polar surface area (TPSA) is 212 Å². The molecule has 0 radical (unpaired) electrons. The second kappa shape index (κ2) is 19.4. The van der Waals surface area contributed by atoms with Crippen LogP contribution in [0.5, 0.6) is 11.5 Å². The van der Waals surface area contributed by atoms with Crippen molar-refractivity contribution in [2.45, 2.75) is 7.43 Å². The van der Waals surface area contributed by atoms with Gasteiger partial charge in [-0.1, -0.05) is 80.7 Å². The largest absolute Gasteiger partial charge is 0.478 e. The number of fused-ring (bicyclic) bond motifs is 10. The van der Waals surface area contributed by atoms with E-state index in [1.54, 1.807) is 24.3 Å². The number of aromatic carboxylic acids is 2. The number of hydrogen-bond acceptors (Lipinski definition) is 10. The lowest BCUT2D eigenvalue weighted by Crippen LogP contribution is -2.83. The van der Waals surface area contributed by atoms with E-state index in [9.17, 15) is 19.8 Å². The standard InChI is InChI=1S/C28H20N4O3.C27H21NO3.CO2.CH4/c29-31-17-7-11-19-15(13-17)5-9-23-25(21-3-1-2-4-22(21)28(33)34)24-10-6-16-14-18(32-30)8-12-20(16)27(24)35-26(19)23;1-16-8-11-19-17(14-16)9-12-23-25(20-6-4-5-7-21(20)27(29)30)22-13-10-18(28(2)3)15-24(22)31-26(19)23;2-1-3;/h1-14,31H,29-30H2,(H,33,34);4-15H,1H2,2-3H3,(H,29,30);;1H4/p+1. The van der Waals surface area contributed by atoms with E-state index in [4.69, 9.17) is 30.4 Å². The van der Waals surface area contributed by atoms with Crippen LogP contribution in [0, 0.1) is 0 Å². The van der Waals surface area contributed by atoms with E-state index in [1.807, 2.05) is 152 Å². The van der Waals surface area contributed by atoms with E-state index in [0.717, 1.165) is 92.7 Å². The fraction of sp³-hybridized carbons (Fsp3) is 0.0526. The zero-order valence-corrected chi connectivity index (χ0v) is 37.2. The molecule has 0 saturated carbocycles. The van der Waals surface area contributed by atoms with E-state index in [1.165, 1.54) is 0 Å². The minimum atomic E-state index is -0.985. The number of ether oxygens (including phenoxy) is 1. The predicted molar refractivity (Wildman–Crippen MR) is 274 cm³/mol. The Morgan fingerprint density at radius 3 is 1.83 bits per heavy atom. The van der Waals surface area contributed by atoms with Crippen molar-refractivity contribution < 1.29 is 43.6 Å². The van der Waals surface area contributed by atoms with Gasteiger partial charge in [0.15, 0.2) is 0 Å². The average Bonchev–Trinajstić information content (AvgIpc) is 3.36. The second-order valence-electron chi connectivity index (χ2n) is 16.4. The lowest BCUT2D eigenvalue weighted by atomic mass is 9.88. The lowest BCUT2D eigenvalue weighted by Gasteiger charge is -2.25. The number of nitrogen functional groups attached to an aromatic ring is 1. The van der Waals surface area contributed by atoms with Gasteiger partial charge < -0.3 is 29.7 Å². The molecule has 0 atom stereocenters. The summed E-state index contributed by atoms with van der Waals surface area (Å²) in [5.74, 6) is 10.7. The van der Waals surface area contributed by atoms with Gasteiger partial charge in [0.05, 0.1) is 11.1 Å². The molecule has 0 amide bonds. The van der Waals surface area contributed by atoms with Crippen LogP contribution in [0.15, 0.2) is 162 Å². The number of carbonyl (C=O) groups is 2. The first-order valence-corrected chi connectivity index (χ1v) is 21.5. The molecule has 2 heterocycles. The van der Waals surface area contributed by atoms with Gasteiger partial charge >= 0.3 is 18.1 Å². The summed E-state index contributed by atoms with van der Waals surface area (Å²) in [6.45, 7) is 4.03. The highest BCUT2D eigenvalue weighted by molar-refractivity contribution is 6.21. The highest BCUT2D eigenvalue weighted by Crippen LogP contribution is 2.44. The number of carbonyl (C=O) groups excluding carboxylic acids is 2. The van der Waals surface area contributed by atoms with Crippen molar-refractivity contribution in [3.05, 3.63) is 196 Å². The van der Waals surface area contributed by atoms with E-state index in [2.05, 4.69) is 17.1 Å². The van der Waals surface area contributed by atoms with E-state index in [0.29, 0.717) is 28.0 Å². The highest BCUT2D eigenvalue weighted by atomic mass is 16.5. The molecule has 1 aromatic heterocycles. The second-order valence-corrected chi connectivity index (χ2v) is 16.4. The molecule has 0 bridgehead atoms. The maximum Gasteiger partial charge on any atom is 0.373 e. The molecule has 1 aliphatic heterocycles. The van der Waals surface area contributed by atoms with Crippen LogP contribution in [0.4, 0.5) is 11.4 Å². The zero-order chi connectivity index (χ0) is 48.5. The van der Waals surface area contributed by atoms with E-state index >= 15 is 0 Å². The summed E-state index contributed by atoms with van der Waals surface area (Å²) < 4.78 is 13.1. The number of benzene rings is 9. The third-order valence-electron chi connectivity index (χ3n) is 12.1. The number of carboxylic acid groups (broad SMARTS) is 2. The van der Waals surface area contributed by atoms with Crippen LogP contribution >= 0.6 is 0 Å². The SMILES string of the molecule is C.C=c1ccc2c3c(ccc2c1)=C(c1ccccc1C(=O)O)c1ccc(N(C)C)cc1O3.NNc1ccc2c(ccc3c(-c4ccccc4C(=O)O)c4ccc5cc(=[NH+]N)ccc5c4oc32)c1.O=C=O. The first kappa shape index (κ1) is 47.0. The molecule has 11 rings (SSSR count). The van der Waals surface area contributed by atoms with Crippen LogP contribution in [0.25, 0.3) is 77.5 Å². The number of nitrogens with one attached hydrogen (secondary N) is 2. The molecule has 8 N–H and O–H groups in total. The molecule has 346 valence electrons. The number of hydrogen-bond donors (Lipinski definition) is 6. The smallest absolute Gasteiger partial charge is 0.373 e. The molecule has 9 aromatic carbocycles. The highest BCUT2D eigenvalue weighted by Gasteiger charge is 2.26. The normalized spacial score (nSPS) is 11.5. The molecular weight excluding hydrogens is 883 g/mol. The molecule has 10 aromatic rings. The van der Waals surface area contributed by atoms with Gasteiger partial charge in [0.2, 0.25) is 5.36 Å². The van der Waals surface area contributed by atoms with Crippen molar-refractivity contribution in [3.8, 4) is 22.6 Å². The molecule has 0 fully saturated rings. The number of carboxylic acids is 2. The van der Waals surface area contributed by atoms with Crippen LogP contribution < -0.4 is 47.6 Å². The van der Waals surface area contributed by atoms with Crippen LogP contribution in [0.2, 0.25) is 0 Å². The van der Waals surface area contributed by atoms with Crippen molar-refractivity contribution in [1.29, 1.82) is 0 Å². The fourth-order valence-corrected chi connectivity index (χ4v) is 8.99. The van der Waals surface area contributed by atoms with E-state index < -0.39 is 11.9 Å². The molecular formula is C57H46N5O8+. The van der Waals surface area contributed by atoms with Crippen molar-refractivity contribution in [2.75, 3.05) is 24.4 Å². The molecule has 0 unspecified atom stereocenters. The molecule has 13 heteroatoms. The molecule has 0 spiro atoms. The number of hydrazine groups is 2. The van der Waals surface area contributed by atoms with Gasteiger partial charge in [0.25, 0.3) is 0 Å². The quantitative estimate of drug-likeness (QED) is 0.0408. The average molecular weight is 929 g/mol. The third kappa shape index (κ3) is 8.41. The summed E-state index contributed by atoms with van der Waals surface area (Å²) in [7, 11) is 3.96. The minimum Gasteiger partial charge on any atom is -0.478 e. The van der Waals surface area contributed by atoms with Crippen LogP contribution in [0.1, 0.15) is 39.3 Å². The first-order chi connectivity index (χ1) is 33.4. The van der Waals surface area contributed by atoms with Gasteiger partial charge in [-0.2, -0.15) is 9.59 Å². The van der Waals surface area contributed by atoms with Crippen molar-refractivity contribution in [1.82, 2.24) is 0 Å². The van der Waals surface area contributed by atoms with Crippen molar-refractivity contribution >= 4 is 95.9 Å². The van der Waals surface area contributed by atoms with Gasteiger partial charge in [-0.15, -0.1) is 5.10 Å². The van der Waals surface area contributed by atoms with E-state index in [-0.39, 0.29) is 24.7 Å². The zero-order valence-electron chi connectivity index (χ0n) is 37.2. The summed E-state index contributed by atoms with van der Waals surface area (Å²) in [4.78, 5) is 42.5. The summed E-state index contributed by atoms with van der Waals surface area (Å²) in [6.07, 6.45) is 0.250. The Morgan fingerprint density at radius 1 is 0.643 bits per heavy atom. The van der Waals surface area contributed by atoms with Gasteiger partial charge in [0.1, 0.15) is 22.7 Å². The van der Waals surface area contributed by atoms with Crippen LogP contribution in [0.3, 0.4) is 0 Å². The fourth-order valence-electron chi connectivity index (χ4n) is 8.99. The van der Waals surface area contributed by atoms with Gasteiger partial charge in [0, 0.05) is 92.5 Å². The summed E-state index contributed by atoms with van der Waals surface area (Å²) in [5.41, 5.74) is 10.1. The van der Waals surface area contributed by atoms with Gasteiger partial charge in [-0.3, -0.25) is 5.84 Å². The van der Waals surface area contributed by atoms with Crippen molar-refractivity contribution in [2.24, 2.45) is 11.7 Å². The Morgan fingerprint density at radius 2 is 1.20 bits per heavy atom. The monoisotopic (exact) mass is 928 g/mol. The maximum absolute atomic E-state index is 12.2. The molecule has 13 nitrogen and oxygen atoms in total. The summed E-state index contributed by atoms with van der Waals surface area (Å²) >= 11 is 0. The number of nitrogens with zero attached hydrogens (tertiary/aromatic N) is 1. The predicted octanol–water partition coefficient (Wildman–Crippen LogP) is 7.82. The Balaban J connectivity index is 0.000000177. The Kier molecular flexibility index (Phi) is 13.0. The Labute approximate surface area is 400 Å². The Bertz CT molecular complexity index is 3990.